The number of nitrogens with one attached hydrogen (secondary N) is 1. The molecule has 1 unspecified atom stereocenters. The second-order valence-corrected chi connectivity index (χ2v) is 5.38. The average Bonchev–Trinajstić information content (AvgIpc) is 3.05. The van der Waals surface area contributed by atoms with Gasteiger partial charge in [-0.15, -0.1) is 0 Å². The van der Waals surface area contributed by atoms with Crippen LogP contribution in [0.4, 0.5) is 0 Å². The van der Waals surface area contributed by atoms with Gasteiger partial charge in [-0.05, 0) is 51.0 Å². The van der Waals surface area contributed by atoms with Crippen LogP contribution in [0.25, 0.3) is 0 Å². The standard InChI is InChI=1S/C13H24N2O2/c16-8-2-4-12-3-1-7-15(12)10-13(17)14-9-11-5-6-11/h11-12,16H,1-10H2,(H,14,17). The second kappa shape index (κ2) is 6.36. The number of hydrogen-bond donors (Lipinski definition) is 2. The summed E-state index contributed by atoms with van der Waals surface area (Å²) in [7, 11) is 0. The Hall–Kier alpha value is -0.610. The SMILES string of the molecule is O=C(CN1CCCC1CCCO)NCC1CC1. The first-order chi connectivity index (χ1) is 8.29. The van der Waals surface area contributed by atoms with Crippen LogP contribution in [0.3, 0.4) is 0 Å². The van der Waals surface area contributed by atoms with Crippen molar-refractivity contribution >= 4 is 5.91 Å². The van der Waals surface area contributed by atoms with Crippen LogP contribution in [0.1, 0.15) is 38.5 Å². The van der Waals surface area contributed by atoms with Crippen LogP contribution in [0.5, 0.6) is 0 Å². The van der Waals surface area contributed by atoms with Crippen molar-refractivity contribution < 1.29 is 9.90 Å². The summed E-state index contributed by atoms with van der Waals surface area (Å²) in [6.45, 7) is 2.71. The van der Waals surface area contributed by atoms with Crippen molar-refractivity contribution in [3.8, 4) is 0 Å². The number of hydrogen-bond acceptors (Lipinski definition) is 3. The van der Waals surface area contributed by atoms with Gasteiger partial charge in [0.25, 0.3) is 0 Å². The minimum atomic E-state index is 0.174. The van der Waals surface area contributed by atoms with Crippen molar-refractivity contribution in [3.05, 3.63) is 0 Å². The molecule has 1 amide bonds. The predicted molar refractivity (Wildman–Crippen MR) is 66.6 cm³/mol. The summed E-state index contributed by atoms with van der Waals surface area (Å²) < 4.78 is 0. The number of likely N-dealkylation sites (tertiary alicyclic amines) is 1. The fourth-order valence-corrected chi connectivity index (χ4v) is 2.58. The molecule has 0 spiro atoms. The highest BCUT2D eigenvalue weighted by molar-refractivity contribution is 5.78. The van der Waals surface area contributed by atoms with Gasteiger partial charge in [0.1, 0.15) is 0 Å². The van der Waals surface area contributed by atoms with Crippen LogP contribution < -0.4 is 5.32 Å². The molecule has 1 saturated carbocycles. The molecule has 1 heterocycles. The lowest BCUT2D eigenvalue weighted by Gasteiger charge is -2.23. The van der Waals surface area contributed by atoms with E-state index in [-0.39, 0.29) is 12.5 Å². The Labute approximate surface area is 103 Å². The molecule has 2 N–H and O–H groups in total. The Morgan fingerprint density at radius 2 is 2.18 bits per heavy atom. The first kappa shape index (κ1) is 12.8. The molecule has 1 aliphatic heterocycles. The Balaban J connectivity index is 1.66. The summed E-state index contributed by atoms with van der Waals surface area (Å²) in [5.41, 5.74) is 0. The van der Waals surface area contributed by atoms with E-state index in [0.29, 0.717) is 12.6 Å². The molecular weight excluding hydrogens is 216 g/mol. The zero-order chi connectivity index (χ0) is 12.1. The van der Waals surface area contributed by atoms with Crippen molar-refractivity contribution in [1.82, 2.24) is 10.2 Å². The fourth-order valence-electron chi connectivity index (χ4n) is 2.58. The molecule has 1 aliphatic carbocycles. The van der Waals surface area contributed by atoms with E-state index in [0.717, 1.165) is 31.8 Å². The zero-order valence-corrected chi connectivity index (χ0v) is 10.5. The number of aliphatic hydroxyl groups is 1. The lowest BCUT2D eigenvalue weighted by Crippen LogP contribution is -2.40. The van der Waals surface area contributed by atoms with Crippen LogP contribution in [-0.2, 0) is 4.79 Å². The van der Waals surface area contributed by atoms with E-state index in [2.05, 4.69) is 10.2 Å². The molecule has 4 nitrogen and oxygen atoms in total. The molecule has 0 radical (unpaired) electrons. The van der Waals surface area contributed by atoms with E-state index in [1.54, 1.807) is 0 Å². The van der Waals surface area contributed by atoms with E-state index in [9.17, 15) is 4.79 Å². The highest BCUT2D eigenvalue weighted by Crippen LogP contribution is 2.27. The molecule has 4 heteroatoms. The molecule has 2 rings (SSSR count). The summed E-state index contributed by atoms with van der Waals surface area (Å²) in [6, 6.07) is 0.508. The average molecular weight is 240 g/mol. The summed E-state index contributed by atoms with van der Waals surface area (Å²) >= 11 is 0. The summed E-state index contributed by atoms with van der Waals surface area (Å²) in [5, 5.41) is 11.9. The molecule has 0 aromatic rings. The van der Waals surface area contributed by atoms with Crippen LogP contribution in [0, 0.1) is 5.92 Å². The number of carbonyl (C=O) groups is 1. The number of nitrogens with zero attached hydrogens (tertiary/aromatic N) is 1. The zero-order valence-electron chi connectivity index (χ0n) is 10.5. The molecule has 0 bridgehead atoms. The molecule has 0 aromatic carbocycles. The lowest BCUT2D eigenvalue weighted by atomic mass is 10.1. The second-order valence-electron chi connectivity index (χ2n) is 5.38. The Kier molecular flexibility index (Phi) is 4.80. The summed E-state index contributed by atoms with van der Waals surface area (Å²) in [4.78, 5) is 14.0. The Bertz CT molecular complexity index is 254. The molecule has 2 aliphatic rings. The smallest absolute Gasteiger partial charge is 0.234 e. The van der Waals surface area contributed by atoms with Gasteiger partial charge in [-0.1, -0.05) is 0 Å². The topological polar surface area (TPSA) is 52.6 Å². The molecular formula is C13H24N2O2. The maximum Gasteiger partial charge on any atom is 0.234 e. The molecule has 1 atom stereocenters. The Morgan fingerprint density at radius 3 is 2.88 bits per heavy atom. The van der Waals surface area contributed by atoms with Crippen molar-refractivity contribution in [1.29, 1.82) is 0 Å². The van der Waals surface area contributed by atoms with E-state index < -0.39 is 0 Å². The van der Waals surface area contributed by atoms with Crippen molar-refractivity contribution in [2.24, 2.45) is 5.92 Å². The normalized spacial score (nSPS) is 25.1. The van der Waals surface area contributed by atoms with E-state index >= 15 is 0 Å². The van der Waals surface area contributed by atoms with Gasteiger partial charge in [-0.25, -0.2) is 0 Å². The van der Waals surface area contributed by atoms with Gasteiger partial charge in [-0.2, -0.15) is 0 Å². The third-order valence-electron chi connectivity index (χ3n) is 3.83. The number of amides is 1. The molecule has 98 valence electrons. The third kappa shape index (κ3) is 4.28. The monoisotopic (exact) mass is 240 g/mol. The van der Waals surface area contributed by atoms with Gasteiger partial charge >= 0.3 is 0 Å². The molecule has 0 aromatic heterocycles. The van der Waals surface area contributed by atoms with Gasteiger partial charge in [0, 0.05) is 19.2 Å². The minimum absolute atomic E-state index is 0.174. The molecule has 17 heavy (non-hydrogen) atoms. The first-order valence-corrected chi connectivity index (χ1v) is 6.91. The van der Waals surface area contributed by atoms with Crippen LogP contribution in [0.2, 0.25) is 0 Å². The van der Waals surface area contributed by atoms with E-state index in [1.807, 2.05) is 0 Å². The third-order valence-corrected chi connectivity index (χ3v) is 3.83. The van der Waals surface area contributed by atoms with Gasteiger partial charge in [0.05, 0.1) is 6.54 Å². The van der Waals surface area contributed by atoms with Crippen LogP contribution in [0.15, 0.2) is 0 Å². The molecule has 1 saturated heterocycles. The number of carbonyl (C=O) groups excluding carboxylic acids is 1. The van der Waals surface area contributed by atoms with E-state index in [4.69, 9.17) is 5.11 Å². The number of aliphatic hydroxyl groups excluding tert-OH is 1. The van der Waals surface area contributed by atoms with Gasteiger partial charge in [-0.3, -0.25) is 9.69 Å². The highest BCUT2D eigenvalue weighted by atomic mass is 16.2. The van der Waals surface area contributed by atoms with Gasteiger partial charge < -0.3 is 10.4 Å². The summed E-state index contributed by atoms with van der Waals surface area (Å²) in [6.07, 6.45) is 6.80. The predicted octanol–water partition coefficient (Wildman–Crippen LogP) is 0.749. The van der Waals surface area contributed by atoms with Gasteiger partial charge in [0.15, 0.2) is 0 Å². The van der Waals surface area contributed by atoms with Gasteiger partial charge in [0.2, 0.25) is 5.91 Å². The quantitative estimate of drug-likeness (QED) is 0.690. The Morgan fingerprint density at radius 1 is 1.35 bits per heavy atom. The van der Waals surface area contributed by atoms with E-state index in [1.165, 1.54) is 25.7 Å². The minimum Gasteiger partial charge on any atom is -0.396 e. The fraction of sp³-hybridized carbons (Fsp3) is 0.923. The van der Waals surface area contributed by atoms with Crippen LogP contribution >= 0.6 is 0 Å². The first-order valence-electron chi connectivity index (χ1n) is 6.91. The van der Waals surface area contributed by atoms with Crippen molar-refractivity contribution in [3.63, 3.8) is 0 Å². The maximum absolute atomic E-state index is 11.7. The lowest BCUT2D eigenvalue weighted by molar-refractivity contribution is -0.122. The highest BCUT2D eigenvalue weighted by Gasteiger charge is 2.26. The van der Waals surface area contributed by atoms with Crippen molar-refractivity contribution in [2.45, 2.75) is 44.6 Å². The van der Waals surface area contributed by atoms with Crippen LogP contribution in [-0.4, -0.2) is 48.2 Å². The number of rotatable bonds is 7. The largest absolute Gasteiger partial charge is 0.396 e. The maximum atomic E-state index is 11.7. The van der Waals surface area contributed by atoms with Crippen molar-refractivity contribution in [2.75, 3.05) is 26.2 Å². The molecule has 2 fully saturated rings. The summed E-state index contributed by atoms with van der Waals surface area (Å²) in [5.74, 6) is 0.926.